The average molecular weight is 245 g/mol. The van der Waals surface area contributed by atoms with Gasteiger partial charge in [-0.3, -0.25) is 9.78 Å². The molecule has 1 aromatic rings. The number of nitrogens with zero attached hydrogens (tertiary/aromatic N) is 1. The van der Waals surface area contributed by atoms with Crippen LogP contribution in [0.1, 0.15) is 21.1 Å². The van der Waals surface area contributed by atoms with Crippen LogP contribution in [0.4, 0.5) is 0 Å². The first-order valence-electron chi connectivity index (χ1n) is 3.57. The number of primary amides is 1. The molecule has 0 aliphatic carbocycles. The van der Waals surface area contributed by atoms with Gasteiger partial charge in [0.2, 0.25) is 5.91 Å². The highest BCUT2D eigenvalue weighted by Gasteiger charge is 2.09. The Morgan fingerprint density at radius 3 is 3.00 bits per heavy atom. The summed E-state index contributed by atoms with van der Waals surface area (Å²) in [6.45, 7) is 0. The van der Waals surface area contributed by atoms with Crippen LogP contribution in [0.25, 0.3) is 0 Å². The number of hydrogen-bond acceptors (Lipinski definition) is 3. The summed E-state index contributed by atoms with van der Waals surface area (Å²) in [7, 11) is 1.54. The summed E-state index contributed by atoms with van der Waals surface area (Å²) in [6.07, 6.45) is 1.52. The fourth-order valence-electron chi connectivity index (χ4n) is 0.846. The highest BCUT2D eigenvalue weighted by molar-refractivity contribution is 9.09. The van der Waals surface area contributed by atoms with E-state index in [2.05, 4.69) is 20.9 Å². The zero-order valence-electron chi connectivity index (χ0n) is 7.03. The van der Waals surface area contributed by atoms with E-state index in [4.69, 9.17) is 10.5 Å². The number of rotatable bonds is 3. The summed E-state index contributed by atoms with van der Waals surface area (Å²) in [5, 5.41) is -0.313. The topological polar surface area (TPSA) is 65.2 Å². The molecule has 1 unspecified atom stereocenters. The summed E-state index contributed by atoms with van der Waals surface area (Å²) in [5.74, 6) is -0.473. The van der Waals surface area contributed by atoms with Gasteiger partial charge in [0, 0.05) is 18.9 Å². The van der Waals surface area contributed by atoms with Gasteiger partial charge in [0.1, 0.15) is 0 Å². The van der Waals surface area contributed by atoms with Gasteiger partial charge in [-0.05, 0) is 12.1 Å². The Hall–Kier alpha value is -0.940. The quantitative estimate of drug-likeness (QED) is 0.814. The first-order valence-corrected chi connectivity index (χ1v) is 4.49. The Morgan fingerprint density at radius 1 is 1.77 bits per heavy atom. The number of methoxy groups -OCH3 is 1. The third-order valence-electron chi connectivity index (χ3n) is 1.51. The van der Waals surface area contributed by atoms with Gasteiger partial charge in [0.15, 0.2) is 5.01 Å². The number of amides is 1. The third kappa shape index (κ3) is 2.50. The van der Waals surface area contributed by atoms with E-state index in [1.165, 1.54) is 13.3 Å². The van der Waals surface area contributed by atoms with Crippen molar-refractivity contribution >= 4 is 21.8 Å². The number of carbonyl (C=O) groups excluding carboxylic acids is 1. The number of halogens is 1. The van der Waals surface area contributed by atoms with E-state index in [0.29, 0.717) is 11.3 Å². The lowest BCUT2D eigenvalue weighted by Crippen LogP contribution is -2.11. The first kappa shape index (κ1) is 10.1. The Labute approximate surface area is 84.2 Å². The Kier molecular flexibility index (Phi) is 3.39. The normalized spacial score (nSPS) is 12.5. The predicted octanol–water partition coefficient (Wildman–Crippen LogP) is 1.22. The molecule has 0 fully saturated rings. The molecule has 0 aliphatic rings. The number of nitrogens with two attached hydrogens (primary N) is 1. The van der Waals surface area contributed by atoms with E-state index in [-0.39, 0.29) is 5.01 Å². The fourth-order valence-corrected chi connectivity index (χ4v) is 1.10. The van der Waals surface area contributed by atoms with Crippen LogP contribution in [0.3, 0.4) is 0 Å². The van der Waals surface area contributed by atoms with Gasteiger partial charge < -0.3 is 10.5 Å². The van der Waals surface area contributed by atoms with Gasteiger partial charge in [-0.2, -0.15) is 0 Å². The van der Waals surface area contributed by atoms with Crippen LogP contribution in [-0.4, -0.2) is 18.0 Å². The van der Waals surface area contributed by atoms with Crippen molar-refractivity contribution in [3.63, 3.8) is 0 Å². The number of alkyl halides is 1. The van der Waals surface area contributed by atoms with Crippen LogP contribution in [0.15, 0.2) is 18.3 Å². The fraction of sp³-hybridized carbons (Fsp3) is 0.250. The molecule has 0 spiro atoms. The van der Waals surface area contributed by atoms with Crippen LogP contribution in [0.5, 0.6) is 0 Å². The summed E-state index contributed by atoms with van der Waals surface area (Å²) in [6, 6.07) is 3.15. The Bertz CT molecular complexity index is 317. The van der Waals surface area contributed by atoms with Crippen LogP contribution in [-0.2, 0) is 4.74 Å². The number of pyridine rings is 1. The molecule has 1 rings (SSSR count). The second-order valence-electron chi connectivity index (χ2n) is 2.39. The van der Waals surface area contributed by atoms with E-state index in [1.807, 2.05) is 0 Å². The minimum atomic E-state index is -0.473. The Morgan fingerprint density at radius 2 is 2.46 bits per heavy atom. The zero-order valence-corrected chi connectivity index (χ0v) is 8.61. The maximum atomic E-state index is 10.8. The molecule has 1 amide bonds. The smallest absolute Gasteiger partial charge is 0.248 e. The van der Waals surface area contributed by atoms with Crippen LogP contribution >= 0.6 is 15.9 Å². The number of aromatic nitrogens is 1. The Balaban J connectivity index is 2.98. The van der Waals surface area contributed by atoms with Crippen molar-refractivity contribution in [1.82, 2.24) is 4.98 Å². The van der Waals surface area contributed by atoms with Crippen molar-refractivity contribution in [1.29, 1.82) is 0 Å². The molecule has 0 radical (unpaired) electrons. The lowest BCUT2D eigenvalue weighted by atomic mass is 10.2. The minimum absolute atomic E-state index is 0.313. The van der Waals surface area contributed by atoms with Crippen LogP contribution in [0.2, 0.25) is 0 Å². The molecule has 5 heteroatoms. The second-order valence-corrected chi connectivity index (χ2v) is 3.22. The van der Waals surface area contributed by atoms with E-state index in [9.17, 15) is 4.79 Å². The number of carbonyl (C=O) groups is 1. The zero-order chi connectivity index (χ0) is 9.84. The summed E-state index contributed by atoms with van der Waals surface area (Å²) < 4.78 is 4.97. The third-order valence-corrected chi connectivity index (χ3v) is 2.35. The van der Waals surface area contributed by atoms with E-state index in [0.717, 1.165) is 0 Å². The molecule has 0 bridgehead atoms. The highest BCUT2D eigenvalue weighted by atomic mass is 79.9. The molecule has 0 aromatic carbocycles. The van der Waals surface area contributed by atoms with Crippen molar-refractivity contribution in [2.75, 3.05) is 7.11 Å². The molecule has 0 aliphatic heterocycles. The second kappa shape index (κ2) is 4.34. The maximum absolute atomic E-state index is 10.8. The van der Waals surface area contributed by atoms with Gasteiger partial charge in [-0.15, -0.1) is 0 Å². The molecular formula is C8H9BrN2O2. The van der Waals surface area contributed by atoms with Gasteiger partial charge in [0.05, 0.1) is 5.69 Å². The standard InChI is InChI=1S/C8H9BrN2O2/c1-13-7(9)6-4-5(8(10)12)2-3-11-6/h2-4,7H,1H3,(H2,10,12). The summed E-state index contributed by atoms with van der Waals surface area (Å²) in [4.78, 5) is 14.8. The molecular weight excluding hydrogens is 236 g/mol. The maximum Gasteiger partial charge on any atom is 0.248 e. The molecule has 0 saturated carbocycles. The monoisotopic (exact) mass is 244 g/mol. The number of ether oxygens (including phenoxy) is 1. The van der Waals surface area contributed by atoms with E-state index < -0.39 is 5.91 Å². The van der Waals surface area contributed by atoms with Crippen molar-refractivity contribution in [2.45, 2.75) is 5.01 Å². The van der Waals surface area contributed by atoms with Crippen molar-refractivity contribution in [3.05, 3.63) is 29.6 Å². The predicted molar refractivity (Wildman–Crippen MR) is 51.4 cm³/mol. The van der Waals surface area contributed by atoms with Crippen molar-refractivity contribution in [3.8, 4) is 0 Å². The van der Waals surface area contributed by atoms with Gasteiger partial charge in [-0.1, -0.05) is 15.9 Å². The number of hydrogen-bond donors (Lipinski definition) is 1. The largest absolute Gasteiger partial charge is 0.366 e. The lowest BCUT2D eigenvalue weighted by molar-refractivity contribution is 0.0999. The van der Waals surface area contributed by atoms with E-state index >= 15 is 0 Å². The van der Waals surface area contributed by atoms with Gasteiger partial charge in [-0.25, -0.2) is 0 Å². The minimum Gasteiger partial charge on any atom is -0.366 e. The molecule has 1 aromatic heterocycles. The molecule has 2 N–H and O–H groups in total. The SMILES string of the molecule is COC(Br)c1cc(C(N)=O)ccn1. The molecule has 1 atom stereocenters. The van der Waals surface area contributed by atoms with Gasteiger partial charge >= 0.3 is 0 Å². The first-order chi connectivity index (χ1) is 6.15. The molecule has 4 nitrogen and oxygen atoms in total. The van der Waals surface area contributed by atoms with Gasteiger partial charge in [0.25, 0.3) is 0 Å². The van der Waals surface area contributed by atoms with Crippen LogP contribution in [0, 0.1) is 0 Å². The summed E-state index contributed by atoms with van der Waals surface area (Å²) in [5.41, 5.74) is 6.15. The molecule has 0 saturated heterocycles. The highest BCUT2D eigenvalue weighted by Crippen LogP contribution is 2.21. The molecule has 1 heterocycles. The molecule has 70 valence electrons. The van der Waals surface area contributed by atoms with Crippen LogP contribution < -0.4 is 5.73 Å². The molecule has 13 heavy (non-hydrogen) atoms. The van der Waals surface area contributed by atoms with E-state index in [1.54, 1.807) is 12.1 Å². The average Bonchev–Trinajstić information content (AvgIpc) is 2.17. The summed E-state index contributed by atoms with van der Waals surface area (Å²) >= 11 is 3.23. The van der Waals surface area contributed by atoms with Crippen molar-refractivity contribution in [2.24, 2.45) is 5.73 Å². The lowest BCUT2D eigenvalue weighted by Gasteiger charge is -2.06. The van der Waals surface area contributed by atoms with Crippen molar-refractivity contribution < 1.29 is 9.53 Å².